The highest BCUT2D eigenvalue weighted by Crippen LogP contribution is 2.38. The van der Waals surface area contributed by atoms with Crippen LogP contribution in [0.15, 0.2) is 60.7 Å². The Morgan fingerprint density at radius 3 is 1.24 bits per heavy atom. The predicted octanol–water partition coefficient (Wildman–Crippen LogP) is 3.31. The Bertz CT molecular complexity index is 956. The van der Waals surface area contributed by atoms with Gasteiger partial charge in [-0.3, -0.25) is 20.2 Å². The van der Waals surface area contributed by atoms with Gasteiger partial charge in [0.15, 0.2) is 0 Å². The third-order valence-electron chi connectivity index (χ3n) is 3.69. The molecule has 25 heavy (non-hydrogen) atoms. The van der Waals surface area contributed by atoms with Gasteiger partial charge in [0.1, 0.15) is 0 Å². The van der Waals surface area contributed by atoms with E-state index in [2.05, 4.69) is 0 Å². The van der Waals surface area contributed by atoms with Crippen molar-refractivity contribution < 1.29 is 18.3 Å². The first-order valence-electron chi connectivity index (χ1n) is 6.97. The number of nitro groups is 2. The lowest BCUT2D eigenvalue weighted by Crippen LogP contribution is -2.02. The standard InChI is InChI=1S/C16H10N2O6S/c19-17(20)13-5-1-11(2-6-13)15-9-10-16(25(15,23)24)12-3-7-14(8-4-12)18(21)22/h1-10H. The Labute approximate surface area is 141 Å². The van der Waals surface area contributed by atoms with Gasteiger partial charge in [-0.2, -0.15) is 0 Å². The van der Waals surface area contributed by atoms with Gasteiger partial charge in [-0.1, -0.05) is 0 Å². The normalized spacial score (nSPS) is 15.4. The molecule has 9 heteroatoms. The lowest BCUT2D eigenvalue weighted by atomic mass is 10.1. The van der Waals surface area contributed by atoms with Crippen molar-refractivity contribution in [3.8, 4) is 0 Å². The van der Waals surface area contributed by atoms with Crippen molar-refractivity contribution in [1.82, 2.24) is 0 Å². The average molecular weight is 358 g/mol. The van der Waals surface area contributed by atoms with Gasteiger partial charge >= 0.3 is 0 Å². The van der Waals surface area contributed by atoms with E-state index >= 15 is 0 Å². The molecule has 0 saturated heterocycles. The molecule has 2 aromatic rings. The van der Waals surface area contributed by atoms with Gasteiger partial charge in [-0.25, -0.2) is 8.42 Å². The molecule has 1 aliphatic heterocycles. The Kier molecular flexibility index (Phi) is 3.93. The fraction of sp³-hybridized carbons (Fsp3) is 0. The quantitative estimate of drug-likeness (QED) is 0.610. The van der Waals surface area contributed by atoms with E-state index < -0.39 is 19.7 Å². The average Bonchev–Trinajstić information content (AvgIpc) is 2.90. The maximum Gasteiger partial charge on any atom is 0.269 e. The molecule has 126 valence electrons. The number of rotatable bonds is 4. The van der Waals surface area contributed by atoms with E-state index in [1.54, 1.807) is 0 Å². The SMILES string of the molecule is O=[N+]([O-])c1ccc(C2=CC=C(c3ccc([N+](=O)[O-])cc3)S2(=O)=O)cc1. The first-order valence-corrected chi connectivity index (χ1v) is 8.46. The third-order valence-corrected chi connectivity index (χ3v) is 5.59. The summed E-state index contributed by atoms with van der Waals surface area (Å²) in [6.07, 6.45) is 2.82. The fourth-order valence-corrected chi connectivity index (χ4v) is 4.07. The Morgan fingerprint density at radius 1 is 0.640 bits per heavy atom. The van der Waals surface area contributed by atoms with E-state index in [9.17, 15) is 28.6 Å². The molecule has 0 amide bonds. The minimum absolute atomic E-state index is 0.0238. The molecule has 0 saturated carbocycles. The van der Waals surface area contributed by atoms with Gasteiger partial charge in [0.05, 0.1) is 19.7 Å². The van der Waals surface area contributed by atoms with Crippen molar-refractivity contribution >= 4 is 31.0 Å². The lowest BCUT2D eigenvalue weighted by Gasteiger charge is -2.08. The first-order chi connectivity index (χ1) is 11.8. The number of non-ortho nitro benzene ring substituents is 2. The summed E-state index contributed by atoms with van der Waals surface area (Å²) in [4.78, 5) is 20.3. The highest BCUT2D eigenvalue weighted by molar-refractivity contribution is 8.09. The van der Waals surface area contributed by atoms with Gasteiger partial charge in [0.2, 0.25) is 9.84 Å². The second kappa shape index (κ2) is 5.95. The summed E-state index contributed by atoms with van der Waals surface area (Å²) < 4.78 is 25.5. The van der Waals surface area contributed by atoms with Crippen LogP contribution in [0.5, 0.6) is 0 Å². The lowest BCUT2D eigenvalue weighted by molar-refractivity contribution is -0.385. The molecule has 8 nitrogen and oxygen atoms in total. The molecular weight excluding hydrogens is 348 g/mol. The topological polar surface area (TPSA) is 120 Å². The molecule has 0 bridgehead atoms. The van der Waals surface area contributed by atoms with Crippen LogP contribution in [-0.4, -0.2) is 18.3 Å². The maximum atomic E-state index is 12.7. The van der Waals surface area contributed by atoms with E-state index in [0.717, 1.165) is 0 Å². The zero-order valence-electron chi connectivity index (χ0n) is 12.5. The monoisotopic (exact) mass is 358 g/mol. The second-order valence-corrected chi connectivity index (χ2v) is 7.06. The van der Waals surface area contributed by atoms with Crippen molar-refractivity contribution in [2.45, 2.75) is 0 Å². The largest absolute Gasteiger partial charge is 0.269 e. The molecule has 0 spiro atoms. The van der Waals surface area contributed by atoms with Crippen LogP contribution in [0.4, 0.5) is 11.4 Å². The highest BCUT2D eigenvalue weighted by Gasteiger charge is 2.30. The van der Waals surface area contributed by atoms with Crippen molar-refractivity contribution in [2.75, 3.05) is 0 Å². The summed E-state index contributed by atoms with van der Waals surface area (Å²) in [6.45, 7) is 0. The highest BCUT2D eigenvalue weighted by atomic mass is 32.2. The van der Waals surface area contributed by atoms with Crippen LogP contribution in [-0.2, 0) is 9.84 Å². The predicted molar refractivity (Wildman–Crippen MR) is 91.1 cm³/mol. The van der Waals surface area contributed by atoms with Crippen LogP contribution in [0.25, 0.3) is 9.81 Å². The van der Waals surface area contributed by atoms with E-state index in [0.29, 0.717) is 11.1 Å². The third kappa shape index (κ3) is 2.92. The Balaban J connectivity index is 1.93. The molecular formula is C16H10N2O6S. The van der Waals surface area contributed by atoms with E-state index in [-0.39, 0.29) is 21.2 Å². The molecule has 1 aliphatic rings. The van der Waals surface area contributed by atoms with Crippen molar-refractivity contribution in [1.29, 1.82) is 0 Å². The molecule has 0 fully saturated rings. The molecule has 0 N–H and O–H groups in total. The zero-order chi connectivity index (χ0) is 18.2. The summed E-state index contributed by atoms with van der Waals surface area (Å²) in [5.74, 6) is 0. The molecule has 2 aromatic carbocycles. The molecule has 0 aromatic heterocycles. The summed E-state index contributed by atoms with van der Waals surface area (Å²) in [5.41, 5.74) is 0.393. The second-order valence-electron chi connectivity index (χ2n) is 5.17. The molecule has 0 unspecified atom stereocenters. The number of nitrogens with zero attached hydrogens (tertiary/aromatic N) is 2. The number of sulfone groups is 1. The fourth-order valence-electron chi connectivity index (χ4n) is 2.45. The number of benzene rings is 2. The molecule has 0 radical (unpaired) electrons. The van der Waals surface area contributed by atoms with Crippen LogP contribution in [0.2, 0.25) is 0 Å². The number of hydrogen-bond donors (Lipinski definition) is 0. The van der Waals surface area contributed by atoms with Gasteiger partial charge < -0.3 is 0 Å². The maximum absolute atomic E-state index is 12.7. The van der Waals surface area contributed by atoms with Crippen LogP contribution >= 0.6 is 0 Å². The van der Waals surface area contributed by atoms with Crippen molar-refractivity contribution in [2.24, 2.45) is 0 Å². The number of hydrogen-bond acceptors (Lipinski definition) is 6. The molecule has 0 atom stereocenters. The molecule has 3 rings (SSSR count). The van der Waals surface area contributed by atoms with Crippen molar-refractivity contribution in [3.63, 3.8) is 0 Å². The first kappa shape index (κ1) is 16.5. The van der Waals surface area contributed by atoms with E-state index in [1.165, 1.54) is 60.7 Å². The summed E-state index contributed by atoms with van der Waals surface area (Å²) in [5, 5.41) is 21.4. The number of nitro benzene ring substituents is 2. The van der Waals surface area contributed by atoms with E-state index in [4.69, 9.17) is 0 Å². The summed E-state index contributed by atoms with van der Waals surface area (Å²) >= 11 is 0. The zero-order valence-corrected chi connectivity index (χ0v) is 13.3. The van der Waals surface area contributed by atoms with Gasteiger partial charge in [0, 0.05) is 24.3 Å². The summed E-state index contributed by atoms with van der Waals surface area (Å²) in [6, 6.07) is 10.4. The Morgan fingerprint density at radius 2 is 0.960 bits per heavy atom. The van der Waals surface area contributed by atoms with Crippen LogP contribution in [0.1, 0.15) is 11.1 Å². The van der Waals surface area contributed by atoms with Gasteiger partial charge in [-0.05, 0) is 47.5 Å². The minimum Gasteiger partial charge on any atom is -0.258 e. The van der Waals surface area contributed by atoms with E-state index in [1.807, 2.05) is 0 Å². The Hall–Kier alpha value is -3.33. The smallest absolute Gasteiger partial charge is 0.258 e. The molecule has 0 aliphatic carbocycles. The minimum atomic E-state index is -3.82. The summed E-state index contributed by atoms with van der Waals surface area (Å²) in [7, 11) is -3.82. The van der Waals surface area contributed by atoms with Gasteiger partial charge in [0.25, 0.3) is 11.4 Å². The van der Waals surface area contributed by atoms with Crippen molar-refractivity contribution in [3.05, 3.63) is 92.0 Å². The molecule has 1 heterocycles. The van der Waals surface area contributed by atoms with Crippen LogP contribution in [0, 0.1) is 20.2 Å². The van der Waals surface area contributed by atoms with Gasteiger partial charge in [-0.15, -0.1) is 0 Å². The van der Waals surface area contributed by atoms with Crippen LogP contribution < -0.4 is 0 Å². The number of allylic oxidation sites excluding steroid dienone is 2. The van der Waals surface area contributed by atoms with Crippen LogP contribution in [0.3, 0.4) is 0 Å².